The number of hydrogen-bond acceptors (Lipinski definition) is 5. The molecule has 0 heterocycles. The van der Waals surface area contributed by atoms with Crippen LogP contribution in [-0.2, 0) is 10.0 Å². The third-order valence-corrected chi connectivity index (χ3v) is 19.3. The van der Waals surface area contributed by atoms with Crippen LogP contribution >= 0.6 is 0 Å². The third kappa shape index (κ3) is 7.58. The molecular weight excluding hydrogens is 553 g/mol. The zero-order valence-corrected chi connectivity index (χ0v) is 28.8. The monoisotopic (exact) mass is 600 g/mol. The van der Waals surface area contributed by atoms with E-state index in [1.807, 2.05) is 6.07 Å². The number of hydrogen-bond donors (Lipinski definition) is 1. The Kier molecular flexibility index (Phi) is 9.42. The van der Waals surface area contributed by atoms with Crippen molar-refractivity contribution in [2.24, 2.45) is 0 Å². The Morgan fingerprint density at radius 1 is 0.850 bits per heavy atom. The minimum absolute atomic E-state index is 0.0549. The summed E-state index contributed by atoms with van der Waals surface area (Å²) in [6.07, 6.45) is 3.20. The van der Waals surface area contributed by atoms with Gasteiger partial charge in [0.25, 0.3) is 0 Å². The molecule has 6 nitrogen and oxygen atoms in total. The van der Waals surface area contributed by atoms with Gasteiger partial charge in [-0.3, -0.25) is 0 Å². The molecule has 0 amide bonds. The highest BCUT2D eigenvalue weighted by Crippen LogP contribution is 2.45. The van der Waals surface area contributed by atoms with Gasteiger partial charge >= 0.3 is 0 Å². The molecule has 1 aliphatic carbocycles. The highest BCUT2D eigenvalue weighted by Gasteiger charge is 2.41. The molecule has 0 bridgehead atoms. The van der Waals surface area contributed by atoms with Crippen LogP contribution in [0.5, 0.6) is 11.5 Å². The molecule has 40 heavy (non-hydrogen) atoms. The maximum Gasteiger partial charge on any atom is 0.250 e. The first kappa shape index (κ1) is 32.4. The summed E-state index contributed by atoms with van der Waals surface area (Å²) in [6, 6.07) is 14.4. The number of nitrogens with zero attached hydrogens (tertiary/aromatic N) is 1. The molecule has 0 unspecified atom stereocenters. The summed E-state index contributed by atoms with van der Waals surface area (Å²) in [4.78, 5) is 0.135. The van der Waals surface area contributed by atoms with Crippen LogP contribution in [0.4, 0.5) is 0 Å². The fraction of sp³-hybridized carbons (Fsp3) is 0.581. The number of sulfonamides is 1. The predicted molar refractivity (Wildman–Crippen MR) is 169 cm³/mol. The van der Waals surface area contributed by atoms with Crippen molar-refractivity contribution in [1.82, 2.24) is 4.72 Å². The maximum absolute atomic E-state index is 13.0. The zero-order valence-electron chi connectivity index (χ0n) is 26.0. The van der Waals surface area contributed by atoms with E-state index in [4.69, 9.17) is 14.1 Å². The lowest BCUT2D eigenvalue weighted by Crippen LogP contribution is -2.44. The maximum atomic E-state index is 13.0. The number of nitriles is 1. The predicted octanol–water partition coefficient (Wildman–Crippen LogP) is 8.33. The summed E-state index contributed by atoms with van der Waals surface area (Å²) in [5.41, 5.74) is 1.53. The van der Waals surface area contributed by atoms with Gasteiger partial charge in [-0.25, -0.2) is 13.1 Å². The van der Waals surface area contributed by atoms with Crippen LogP contribution in [0.25, 0.3) is 0 Å². The lowest BCUT2D eigenvalue weighted by atomic mass is 9.81. The second kappa shape index (κ2) is 11.6. The lowest BCUT2D eigenvalue weighted by molar-refractivity contribution is 0.367. The number of benzene rings is 2. The summed E-state index contributed by atoms with van der Waals surface area (Å²) < 4.78 is 42.5. The van der Waals surface area contributed by atoms with Gasteiger partial charge in [0, 0.05) is 12.1 Å². The van der Waals surface area contributed by atoms with Gasteiger partial charge < -0.3 is 8.85 Å². The van der Waals surface area contributed by atoms with E-state index in [9.17, 15) is 8.42 Å². The van der Waals surface area contributed by atoms with Gasteiger partial charge in [-0.2, -0.15) is 5.26 Å². The van der Waals surface area contributed by atoms with Crippen molar-refractivity contribution in [2.75, 3.05) is 0 Å². The molecule has 0 radical (unpaired) electrons. The molecule has 1 saturated carbocycles. The van der Waals surface area contributed by atoms with Gasteiger partial charge in [0.1, 0.15) is 11.5 Å². The second-order valence-corrected chi connectivity index (χ2v) is 25.4. The van der Waals surface area contributed by atoms with Crippen molar-refractivity contribution < 1.29 is 17.3 Å². The highest BCUT2D eigenvalue weighted by atomic mass is 32.2. The van der Waals surface area contributed by atoms with Gasteiger partial charge in [-0.05, 0) is 97.7 Å². The average Bonchev–Trinajstić information content (AvgIpc) is 2.83. The van der Waals surface area contributed by atoms with Gasteiger partial charge in [0.15, 0.2) is 0 Å². The SMILES string of the molecule is CC(C)(C)[Si](C)(C)Oc1ccc(C2CCC(NS(=O)(=O)c3cccc(C#N)c3)CC2)c(O[Si](C)(C)C(C)(C)C)c1. The molecule has 0 aromatic heterocycles. The van der Waals surface area contributed by atoms with Crippen molar-refractivity contribution in [3.05, 3.63) is 53.6 Å². The topological polar surface area (TPSA) is 88.4 Å². The first-order chi connectivity index (χ1) is 18.3. The fourth-order valence-corrected chi connectivity index (χ4v) is 7.83. The van der Waals surface area contributed by atoms with Crippen LogP contribution in [0.15, 0.2) is 47.4 Å². The Morgan fingerprint density at radius 3 is 1.98 bits per heavy atom. The number of nitrogens with one attached hydrogen (secondary N) is 1. The average molecular weight is 601 g/mol. The molecule has 0 atom stereocenters. The first-order valence-electron chi connectivity index (χ1n) is 14.3. The number of rotatable bonds is 8. The molecule has 1 aliphatic rings. The summed E-state index contributed by atoms with van der Waals surface area (Å²) in [6.45, 7) is 22.5. The molecule has 0 spiro atoms. The fourth-order valence-electron chi connectivity index (χ4n) is 4.42. The molecule has 2 aromatic carbocycles. The van der Waals surface area contributed by atoms with Crippen molar-refractivity contribution in [3.8, 4) is 17.6 Å². The largest absolute Gasteiger partial charge is 0.543 e. The minimum atomic E-state index is -3.69. The van der Waals surface area contributed by atoms with Crippen molar-refractivity contribution in [1.29, 1.82) is 5.26 Å². The molecular formula is C31H48N2O4SSi2. The van der Waals surface area contributed by atoms with Gasteiger partial charge in [0.2, 0.25) is 26.7 Å². The molecule has 1 N–H and O–H groups in total. The highest BCUT2D eigenvalue weighted by molar-refractivity contribution is 7.89. The Hall–Kier alpha value is -2.13. The minimum Gasteiger partial charge on any atom is -0.543 e. The Morgan fingerprint density at radius 2 is 1.43 bits per heavy atom. The Bertz CT molecular complexity index is 1340. The van der Waals surface area contributed by atoms with Crippen LogP contribution in [0.1, 0.15) is 84.3 Å². The van der Waals surface area contributed by atoms with E-state index in [0.717, 1.165) is 37.2 Å². The van der Waals surface area contributed by atoms with E-state index >= 15 is 0 Å². The molecule has 220 valence electrons. The van der Waals surface area contributed by atoms with Gasteiger partial charge in [0.05, 0.1) is 16.5 Å². The lowest BCUT2D eigenvalue weighted by Gasteiger charge is -2.39. The van der Waals surface area contributed by atoms with E-state index in [-0.39, 0.29) is 26.9 Å². The first-order valence-corrected chi connectivity index (χ1v) is 21.6. The van der Waals surface area contributed by atoms with Crippen molar-refractivity contribution in [3.63, 3.8) is 0 Å². The smallest absolute Gasteiger partial charge is 0.250 e. The van der Waals surface area contributed by atoms with Crippen LogP contribution in [0, 0.1) is 11.3 Å². The van der Waals surface area contributed by atoms with Crippen LogP contribution < -0.4 is 13.6 Å². The van der Waals surface area contributed by atoms with E-state index in [1.165, 1.54) is 17.7 Å². The quantitative estimate of drug-likeness (QED) is 0.308. The van der Waals surface area contributed by atoms with E-state index in [0.29, 0.717) is 5.56 Å². The molecule has 1 fully saturated rings. The Labute approximate surface area is 244 Å². The third-order valence-electron chi connectivity index (χ3n) is 9.10. The zero-order chi connectivity index (χ0) is 30.1. The molecule has 2 aromatic rings. The molecule has 3 rings (SSSR count). The van der Waals surface area contributed by atoms with Gasteiger partial charge in [-0.15, -0.1) is 0 Å². The summed E-state index contributed by atoms with van der Waals surface area (Å²) >= 11 is 0. The van der Waals surface area contributed by atoms with E-state index in [1.54, 1.807) is 12.1 Å². The van der Waals surface area contributed by atoms with Crippen molar-refractivity contribution >= 4 is 26.7 Å². The standard InChI is InChI=1S/C31H48N2O4SSi2/c1-30(2,3)39(7,8)36-26-18-19-28(29(21-26)37-40(9,10)31(4,5)6)24-14-16-25(17-15-24)33-38(34,35)27-13-11-12-23(20-27)22-32/h11-13,18-21,24-25,33H,14-17H2,1-10H3. The van der Waals surface area contributed by atoms with E-state index < -0.39 is 26.7 Å². The Balaban J connectivity index is 1.83. The van der Waals surface area contributed by atoms with E-state index in [2.05, 4.69) is 90.7 Å². The summed E-state index contributed by atoms with van der Waals surface area (Å²) in [5.74, 6) is 2.06. The summed E-state index contributed by atoms with van der Waals surface area (Å²) in [7, 11) is -7.81. The van der Waals surface area contributed by atoms with Crippen molar-refractivity contribution in [2.45, 2.75) is 120 Å². The van der Waals surface area contributed by atoms with Crippen LogP contribution in [0.3, 0.4) is 0 Å². The molecule has 0 aliphatic heterocycles. The normalized spacial score (nSPS) is 19.1. The molecule has 0 saturated heterocycles. The summed E-state index contributed by atoms with van der Waals surface area (Å²) in [5, 5.41) is 9.30. The van der Waals surface area contributed by atoms with Crippen LogP contribution in [0.2, 0.25) is 36.3 Å². The second-order valence-electron chi connectivity index (χ2n) is 14.2. The van der Waals surface area contributed by atoms with Gasteiger partial charge in [-0.1, -0.05) is 53.7 Å². The van der Waals surface area contributed by atoms with Crippen LogP contribution in [-0.4, -0.2) is 31.1 Å². The molecule has 9 heteroatoms.